The van der Waals surface area contributed by atoms with Crippen molar-refractivity contribution in [2.24, 2.45) is 0 Å². The van der Waals surface area contributed by atoms with Gasteiger partial charge in [0.15, 0.2) is 0 Å². The highest BCUT2D eigenvalue weighted by atomic mass is 32.2. The van der Waals surface area contributed by atoms with Gasteiger partial charge in [-0.15, -0.1) is 0 Å². The molecule has 0 bridgehead atoms. The summed E-state index contributed by atoms with van der Waals surface area (Å²) in [7, 11) is -0.960. The summed E-state index contributed by atoms with van der Waals surface area (Å²) in [5.74, 6) is 0. The Hall–Kier alpha value is -1.15. The first-order valence-electron chi connectivity index (χ1n) is 4.20. The van der Waals surface area contributed by atoms with Crippen LogP contribution in [-0.2, 0) is 10.8 Å². The maximum atomic E-state index is 11.8. The van der Waals surface area contributed by atoms with Crippen LogP contribution in [0, 0.1) is 0 Å². The molecule has 1 atom stereocenters. The Labute approximate surface area is 80.2 Å². The summed E-state index contributed by atoms with van der Waals surface area (Å²) in [6.45, 7) is 0. The van der Waals surface area contributed by atoms with E-state index in [0.717, 1.165) is 16.2 Å². The largest absolute Gasteiger partial charge is 0.249 e. The van der Waals surface area contributed by atoms with Crippen molar-refractivity contribution in [2.45, 2.75) is 11.3 Å². The first kappa shape index (κ1) is 8.45. The van der Waals surface area contributed by atoms with E-state index in [1.165, 1.54) is 0 Å². The molecule has 2 rings (SSSR count). The van der Waals surface area contributed by atoms with Gasteiger partial charge in [0, 0.05) is 9.80 Å². The Kier molecular flexibility index (Phi) is 2.41. The Morgan fingerprint density at radius 3 is 2.54 bits per heavy atom. The fraction of sp³-hybridized carbons (Fsp3) is 0.0909. The minimum Gasteiger partial charge on any atom is -0.249 e. The van der Waals surface area contributed by atoms with Crippen LogP contribution >= 0.6 is 0 Å². The van der Waals surface area contributed by atoms with Crippen molar-refractivity contribution in [2.75, 3.05) is 0 Å². The molecule has 0 aromatic heterocycles. The van der Waals surface area contributed by atoms with Gasteiger partial charge in [-0.3, -0.25) is 0 Å². The van der Waals surface area contributed by atoms with Gasteiger partial charge >= 0.3 is 0 Å². The fourth-order valence-corrected chi connectivity index (χ4v) is 2.42. The van der Waals surface area contributed by atoms with Crippen molar-refractivity contribution in [3.63, 3.8) is 0 Å². The summed E-state index contributed by atoms with van der Waals surface area (Å²) in [6, 6.07) is 9.55. The van der Waals surface area contributed by atoms with Crippen molar-refractivity contribution in [3.8, 4) is 0 Å². The molecular weight excluding hydrogens is 180 g/mol. The third kappa shape index (κ3) is 1.78. The van der Waals surface area contributed by atoms with Crippen molar-refractivity contribution >= 4 is 10.8 Å². The molecule has 0 fully saturated rings. The molecule has 0 amide bonds. The van der Waals surface area contributed by atoms with Gasteiger partial charge in [0.05, 0.1) is 10.8 Å². The van der Waals surface area contributed by atoms with Gasteiger partial charge in [-0.2, -0.15) is 0 Å². The smallest absolute Gasteiger partial charge is 0.0811 e. The summed E-state index contributed by atoms with van der Waals surface area (Å²) in [4.78, 5) is 1.88. The standard InChI is InChI=1S/C11H10OS/c12-13(11-8-4-5-9-11)10-6-2-1-3-7-10/h1-8H,9H2/t13-/m0/s1. The number of rotatable bonds is 2. The highest BCUT2D eigenvalue weighted by molar-refractivity contribution is 7.89. The van der Waals surface area contributed by atoms with Crippen molar-refractivity contribution < 1.29 is 4.21 Å². The monoisotopic (exact) mass is 190 g/mol. The van der Waals surface area contributed by atoms with Gasteiger partial charge in [-0.05, 0) is 24.6 Å². The Bertz CT molecular complexity index is 376. The zero-order chi connectivity index (χ0) is 9.10. The molecule has 0 spiro atoms. The number of allylic oxidation sites excluding steroid dienone is 4. The highest BCUT2D eigenvalue weighted by Crippen LogP contribution is 2.20. The molecule has 1 aliphatic rings. The number of hydrogen-bond donors (Lipinski definition) is 0. The predicted octanol–water partition coefficient (Wildman–Crippen LogP) is 2.64. The van der Waals surface area contributed by atoms with Crippen LogP contribution < -0.4 is 0 Å². The van der Waals surface area contributed by atoms with Crippen molar-refractivity contribution in [3.05, 3.63) is 53.5 Å². The third-order valence-electron chi connectivity index (χ3n) is 1.93. The zero-order valence-electron chi connectivity index (χ0n) is 7.14. The van der Waals surface area contributed by atoms with Gasteiger partial charge in [0.1, 0.15) is 0 Å². The molecular formula is C11H10OS. The molecule has 0 saturated heterocycles. The summed E-state index contributed by atoms with van der Waals surface area (Å²) < 4.78 is 11.8. The molecule has 13 heavy (non-hydrogen) atoms. The molecule has 2 heteroatoms. The van der Waals surface area contributed by atoms with Crippen molar-refractivity contribution in [1.82, 2.24) is 0 Å². The molecule has 0 aliphatic heterocycles. The lowest BCUT2D eigenvalue weighted by Gasteiger charge is -2.01. The van der Waals surface area contributed by atoms with E-state index >= 15 is 0 Å². The molecule has 1 aromatic carbocycles. The minimum atomic E-state index is -0.960. The van der Waals surface area contributed by atoms with Crippen LogP contribution in [0.2, 0.25) is 0 Å². The maximum Gasteiger partial charge on any atom is 0.0811 e. The van der Waals surface area contributed by atoms with Crippen LogP contribution in [0.3, 0.4) is 0 Å². The van der Waals surface area contributed by atoms with E-state index in [-0.39, 0.29) is 0 Å². The van der Waals surface area contributed by atoms with E-state index in [2.05, 4.69) is 0 Å². The third-order valence-corrected chi connectivity index (χ3v) is 3.41. The maximum absolute atomic E-state index is 11.8. The van der Waals surface area contributed by atoms with Gasteiger partial charge in [-0.25, -0.2) is 4.21 Å². The minimum absolute atomic E-state index is 0.821. The first-order chi connectivity index (χ1) is 6.38. The Morgan fingerprint density at radius 1 is 1.15 bits per heavy atom. The molecule has 66 valence electrons. The van der Waals surface area contributed by atoms with E-state index in [1.807, 2.05) is 48.6 Å². The quantitative estimate of drug-likeness (QED) is 0.700. The lowest BCUT2D eigenvalue weighted by atomic mass is 10.4. The van der Waals surface area contributed by atoms with Crippen LogP contribution in [0.4, 0.5) is 0 Å². The molecule has 0 heterocycles. The van der Waals surface area contributed by atoms with Crippen molar-refractivity contribution in [1.29, 1.82) is 0 Å². The second kappa shape index (κ2) is 3.71. The first-order valence-corrected chi connectivity index (χ1v) is 5.35. The molecule has 0 saturated carbocycles. The van der Waals surface area contributed by atoms with Crippen LogP contribution in [0.5, 0.6) is 0 Å². The second-order valence-electron chi connectivity index (χ2n) is 2.85. The molecule has 1 aromatic rings. The average Bonchev–Trinajstić information content (AvgIpc) is 2.71. The van der Waals surface area contributed by atoms with E-state index in [1.54, 1.807) is 0 Å². The summed E-state index contributed by atoms with van der Waals surface area (Å²) in [5.41, 5.74) is 0. The summed E-state index contributed by atoms with van der Waals surface area (Å²) in [5, 5.41) is 0. The lowest BCUT2D eigenvalue weighted by molar-refractivity contribution is 0.686. The van der Waals surface area contributed by atoms with E-state index in [0.29, 0.717) is 0 Å². The topological polar surface area (TPSA) is 17.1 Å². The molecule has 1 aliphatic carbocycles. The van der Waals surface area contributed by atoms with Crippen LogP contribution in [0.15, 0.2) is 58.4 Å². The van der Waals surface area contributed by atoms with E-state index < -0.39 is 10.8 Å². The zero-order valence-corrected chi connectivity index (χ0v) is 7.96. The molecule has 1 nitrogen and oxygen atoms in total. The fourth-order valence-electron chi connectivity index (χ4n) is 1.26. The normalized spacial score (nSPS) is 17.1. The lowest BCUT2D eigenvalue weighted by Crippen LogP contribution is -1.92. The molecule has 0 unspecified atom stereocenters. The SMILES string of the molecule is O=[S@](C1=CC=CC1)c1ccccc1. The van der Waals surface area contributed by atoms with E-state index in [4.69, 9.17) is 0 Å². The molecule has 0 N–H and O–H groups in total. The van der Waals surface area contributed by atoms with Crippen LogP contribution in [0.1, 0.15) is 6.42 Å². The number of hydrogen-bond acceptors (Lipinski definition) is 1. The molecule has 0 radical (unpaired) electrons. The van der Waals surface area contributed by atoms with E-state index in [9.17, 15) is 4.21 Å². The number of benzene rings is 1. The van der Waals surface area contributed by atoms with Gasteiger partial charge in [0.25, 0.3) is 0 Å². The second-order valence-corrected chi connectivity index (χ2v) is 4.38. The van der Waals surface area contributed by atoms with Gasteiger partial charge < -0.3 is 0 Å². The summed E-state index contributed by atoms with van der Waals surface area (Å²) >= 11 is 0. The summed E-state index contributed by atoms with van der Waals surface area (Å²) in [6.07, 6.45) is 6.73. The average molecular weight is 190 g/mol. The highest BCUT2D eigenvalue weighted by Gasteiger charge is 2.09. The van der Waals surface area contributed by atoms with Crippen LogP contribution in [0.25, 0.3) is 0 Å². The van der Waals surface area contributed by atoms with Gasteiger partial charge in [-0.1, -0.05) is 30.4 Å². The predicted molar refractivity (Wildman–Crippen MR) is 54.7 cm³/mol. The Balaban J connectivity index is 2.24. The van der Waals surface area contributed by atoms with Crippen LogP contribution in [-0.4, -0.2) is 4.21 Å². The van der Waals surface area contributed by atoms with Gasteiger partial charge in [0.2, 0.25) is 0 Å². The Morgan fingerprint density at radius 2 is 1.92 bits per heavy atom.